The lowest BCUT2D eigenvalue weighted by molar-refractivity contribution is -0.120. The topological polar surface area (TPSA) is 41.1 Å². The van der Waals surface area contributed by atoms with Crippen molar-refractivity contribution in [2.75, 3.05) is 19.6 Å². The molecule has 1 aromatic carbocycles. The predicted octanol–water partition coefficient (Wildman–Crippen LogP) is 0.568. The van der Waals surface area contributed by atoms with E-state index in [1.54, 1.807) is 0 Å². The molecule has 0 bridgehead atoms. The van der Waals surface area contributed by atoms with Crippen LogP contribution < -0.4 is 10.6 Å². The summed E-state index contributed by atoms with van der Waals surface area (Å²) in [7, 11) is 0. The van der Waals surface area contributed by atoms with Crippen molar-refractivity contribution in [2.45, 2.75) is 6.42 Å². The van der Waals surface area contributed by atoms with Crippen molar-refractivity contribution in [3.8, 4) is 12.3 Å². The molecule has 0 fully saturated rings. The van der Waals surface area contributed by atoms with E-state index in [1.807, 2.05) is 30.3 Å². The third-order valence-corrected chi connectivity index (χ3v) is 2.09. The van der Waals surface area contributed by atoms with Gasteiger partial charge in [-0.2, -0.15) is 0 Å². The average molecular weight is 216 g/mol. The second-order valence-corrected chi connectivity index (χ2v) is 3.39. The monoisotopic (exact) mass is 216 g/mol. The summed E-state index contributed by atoms with van der Waals surface area (Å²) < 4.78 is 0. The van der Waals surface area contributed by atoms with E-state index in [-0.39, 0.29) is 12.5 Å². The molecular weight excluding hydrogens is 200 g/mol. The normalized spacial score (nSPS) is 9.44. The van der Waals surface area contributed by atoms with E-state index in [4.69, 9.17) is 6.42 Å². The van der Waals surface area contributed by atoms with E-state index in [9.17, 15) is 4.79 Å². The van der Waals surface area contributed by atoms with Crippen molar-refractivity contribution in [1.82, 2.24) is 10.6 Å². The number of benzene rings is 1. The van der Waals surface area contributed by atoms with Gasteiger partial charge >= 0.3 is 0 Å². The minimum atomic E-state index is -0.0221. The number of hydrogen-bond acceptors (Lipinski definition) is 2. The first-order valence-electron chi connectivity index (χ1n) is 5.27. The molecule has 0 saturated heterocycles. The second kappa shape index (κ2) is 7.49. The molecule has 3 nitrogen and oxygen atoms in total. The number of carbonyl (C=O) groups excluding carboxylic acids is 1. The molecule has 1 aromatic rings. The van der Waals surface area contributed by atoms with Gasteiger partial charge < -0.3 is 5.32 Å². The fraction of sp³-hybridized carbons (Fsp3) is 0.308. The summed E-state index contributed by atoms with van der Waals surface area (Å²) in [5.41, 5.74) is 1.22. The molecule has 0 heterocycles. The SMILES string of the molecule is C#CCNCC(=O)NCCc1ccccc1. The minimum absolute atomic E-state index is 0.0221. The van der Waals surface area contributed by atoms with Crippen molar-refractivity contribution in [2.24, 2.45) is 0 Å². The highest BCUT2D eigenvalue weighted by atomic mass is 16.1. The maximum atomic E-state index is 11.3. The fourth-order valence-electron chi connectivity index (χ4n) is 1.30. The largest absolute Gasteiger partial charge is 0.355 e. The van der Waals surface area contributed by atoms with Crippen LogP contribution in [0.1, 0.15) is 5.56 Å². The maximum Gasteiger partial charge on any atom is 0.233 e. The molecule has 1 rings (SSSR count). The quantitative estimate of drug-likeness (QED) is 0.539. The number of carbonyl (C=O) groups is 1. The lowest BCUT2D eigenvalue weighted by Crippen LogP contribution is -2.35. The van der Waals surface area contributed by atoms with Gasteiger partial charge in [-0.3, -0.25) is 10.1 Å². The molecule has 1 amide bonds. The third-order valence-electron chi connectivity index (χ3n) is 2.09. The first kappa shape index (κ1) is 12.3. The van der Waals surface area contributed by atoms with Gasteiger partial charge in [0.15, 0.2) is 0 Å². The lowest BCUT2D eigenvalue weighted by atomic mass is 10.1. The van der Waals surface area contributed by atoms with Crippen LogP contribution in [0.15, 0.2) is 30.3 Å². The summed E-state index contributed by atoms with van der Waals surface area (Å²) >= 11 is 0. The zero-order valence-electron chi connectivity index (χ0n) is 9.20. The van der Waals surface area contributed by atoms with Crippen LogP contribution in [-0.4, -0.2) is 25.5 Å². The first-order chi connectivity index (χ1) is 7.83. The third kappa shape index (κ3) is 5.18. The number of amides is 1. The molecule has 0 spiro atoms. The predicted molar refractivity (Wildman–Crippen MR) is 64.9 cm³/mol. The van der Waals surface area contributed by atoms with E-state index in [2.05, 4.69) is 16.6 Å². The van der Waals surface area contributed by atoms with Gasteiger partial charge in [-0.15, -0.1) is 6.42 Å². The van der Waals surface area contributed by atoms with E-state index >= 15 is 0 Å². The van der Waals surface area contributed by atoms with E-state index < -0.39 is 0 Å². The molecule has 0 aliphatic carbocycles. The van der Waals surface area contributed by atoms with Crippen molar-refractivity contribution in [3.63, 3.8) is 0 Å². The number of hydrogen-bond donors (Lipinski definition) is 2. The molecule has 84 valence electrons. The Hall–Kier alpha value is -1.79. The summed E-state index contributed by atoms with van der Waals surface area (Å²) in [6.45, 7) is 1.35. The van der Waals surface area contributed by atoms with Crippen LogP contribution in [0.25, 0.3) is 0 Å². The Bertz CT molecular complexity index is 354. The average Bonchev–Trinajstić information content (AvgIpc) is 2.31. The Labute approximate surface area is 96.2 Å². The Morgan fingerprint density at radius 1 is 1.31 bits per heavy atom. The molecule has 16 heavy (non-hydrogen) atoms. The molecule has 0 aromatic heterocycles. The minimum Gasteiger partial charge on any atom is -0.355 e. The summed E-state index contributed by atoms with van der Waals surface area (Å²) in [5, 5.41) is 5.66. The first-order valence-corrected chi connectivity index (χ1v) is 5.27. The van der Waals surface area contributed by atoms with Crippen LogP contribution in [0.5, 0.6) is 0 Å². The Kier molecular flexibility index (Phi) is 5.75. The van der Waals surface area contributed by atoms with Crippen LogP contribution in [0.3, 0.4) is 0 Å². The number of nitrogens with one attached hydrogen (secondary N) is 2. The van der Waals surface area contributed by atoms with Crippen molar-refractivity contribution >= 4 is 5.91 Å². The molecule has 0 radical (unpaired) electrons. The number of terminal acetylenes is 1. The van der Waals surface area contributed by atoms with E-state index in [0.29, 0.717) is 13.1 Å². The van der Waals surface area contributed by atoms with E-state index in [1.165, 1.54) is 5.56 Å². The molecular formula is C13H16N2O. The van der Waals surface area contributed by atoms with Crippen molar-refractivity contribution in [1.29, 1.82) is 0 Å². The Morgan fingerprint density at radius 2 is 2.06 bits per heavy atom. The molecule has 0 unspecified atom stereocenters. The highest BCUT2D eigenvalue weighted by Gasteiger charge is 1.98. The maximum absolute atomic E-state index is 11.3. The standard InChI is InChI=1S/C13H16N2O/c1-2-9-14-11-13(16)15-10-8-12-6-4-3-5-7-12/h1,3-7,14H,8-11H2,(H,15,16). The van der Waals surface area contributed by atoms with E-state index in [0.717, 1.165) is 6.42 Å². The van der Waals surface area contributed by atoms with Gasteiger partial charge in [0.05, 0.1) is 13.1 Å². The van der Waals surface area contributed by atoms with Crippen LogP contribution in [0.2, 0.25) is 0 Å². The second-order valence-electron chi connectivity index (χ2n) is 3.39. The highest BCUT2D eigenvalue weighted by molar-refractivity contribution is 5.77. The zero-order chi connectivity index (χ0) is 11.6. The number of rotatable bonds is 6. The molecule has 3 heteroatoms. The summed E-state index contributed by atoms with van der Waals surface area (Å²) in [4.78, 5) is 11.3. The Morgan fingerprint density at radius 3 is 2.75 bits per heavy atom. The summed E-state index contributed by atoms with van der Waals surface area (Å²) in [5.74, 6) is 2.39. The van der Waals surface area contributed by atoms with Crippen LogP contribution in [-0.2, 0) is 11.2 Å². The molecule has 0 atom stereocenters. The molecule has 2 N–H and O–H groups in total. The van der Waals surface area contributed by atoms with Gasteiger partial charge in [0.25, 0.3) is 0 Å². The smallest absolute Gasteiger partial charge is 0.233 e. The van der Waals surface area contributed by atoms with Crippen molar-refractivity contribution < 1.29 is 4.79 Å². The van der Waals surface area contributed by atoms with Crippen LogP contribution in [0.4, 0.5) is 0 Å². The van der Waals surface area contributed by atoms with Gasteiger partial charge in [-0.25, -0.2) is 0 Å². The highest BCUT2D eigenvalue weighted by Crippen LogP contribution is 1.97. The molecule has 0 aliphatic rings. The van der Waals surface area contributed by atoms with Gasteiger partial charge in [-0.05, 0) is 12.0 Å². The lowest BCUT2D eigenvalue weighted by Gasteiger charge is -2.05. The fourth-order valence-corrected chi connectivity index (χ4v) is 1.30. The van der Waals surface area contributed by atoms with Gasteiger partial charge in [0, 0.05) is 6.54 Å². The molecule has 0 aliphatic heterocycles. The van der Waals surface area contributed by atoms with Crippen LogP contribution >= 0.6 is 0 Å². The van der Waals surface area contributed by atoms with Gasteiger partial charge in [0.1, 0.15) is 0 Å². The van der Waals surface area contributed by atoms with Crippen LogP contribution in [0, 0.1) is 12.3 Å². The van der Waals surface area contributed by atoms with Crippen molar-refractivity contribution in [3.05, 3.63) is 35.9 Å². The molecule has 0 saturated carbocycles. The Balaban J connectivity index is 2.12. The van der Waals surface area contributed by atoms with Gasteiger partial charge in [-0.1, -0.05) is 36.3 Å². The summed E-state index contributed by atoms with van der Waals surface area (Å²) in [6, 6.07) is 10.1. The van der Waals surface area contributed by atoms with Gasteiger partial charge in [0.2, 0.25) is 5.91 Å². The zero-order valence-corrected chi connectivity index (χ0v) is 9.20. The summed E-state index contributed by atoms with van der Waals surface area (Å²) in [6.07, 6.45) is 5.90.